The molecule has 1 amide bonds. The van der Waals surface area contributed by atoms with Gasteiger partial charge in [0.2, 0.25) is 0 Å². The molecule has 0 unspecified atom stereocenters. The molecule has 0 bridgehead atoms. The number of aryl methyl sites for hydroxylation is 1. The van der Waals surface area contributed by atoms with Crippen LogP contribution in [-0.2, 0) is 6.54 Å². The molecule has 1 aromatic heterocycles. The molecule has 6 nitrogen and oxygen atoms in total. The maximum absolute atomic E-state index is 13.3. The Balaban J connectivity index is 2.09. The topological polar surface area (TPSA) is 105 Å². The van der Waals surface area contributed by atoms with Gasteiger partial charge < -0.3 is 16.2 Å². The van der Waals surface area contributed by atoms with Crippen molar-refractivity contribution in [2.24, 2.45) is 0 Å². The van der Waals surface area contributed by atoms with Gasteiger partial charge in [-0.05, 0) is 19.1 Å². The molecule has 4 N–H and O–H groups in total. The minimum atomic E-state index is -1.06. The van der Waals surface area contributed by atoms with Crippen LogP contribution in [0.4, 0.5) is 10.1 Å². The fourth-order valence-corrected chi connectivity index (χ4v) is 2.56. The number of carboxylic acids is 1. The summed E-state index contributed by atoms with van der Waals surface area (Å²) in [6, 6.07) is 3.95. The van der Waals surface area contributed by atoms with Crippen LogP contribution in [0.1, 0.15) is 30.7 Å². The number of nitrogens with one attached hydrogen (secondary N) is 1. The van der Waals surface area contributed by atoms with Gasteiger partial charge in [0.15, 0.2) is 0 Å². The van der Waals surface area contributed by atoms with Crippen molar-refractivity contribution < 1.29 is 19.1 Å². The summed E-state index contributed by atoms with van der Waals surface area (Å²) in [5.41, 5.74) is 5.69. The van der Waals surface area contributed by atoms with Crippen molar-refractivity contribution in [2.45, 2.75) is 13.5 Å². The van der Waals surface area contributed by atoms with E-state index in [0.717, 1.165) is 17.4 Å². The Morgan fingerprint density at radius 3 is 2.81 bits per heavy atom. The van der Waals surface area contributed by atoms with E-state index in [2.05, 4.69) is 10.3 Å². The zero-order chi connectivity index (χ0) is 15.6. The first-order valence-corrected chi connectivity index (χ1v) is 6.73. The number of hydrogen-bond acceptors (Lipinski definition) is 5. The summed E-state index contributed by atoms with van der Waals surface area (Å²) in [6.07, 6.45) is 0. The second-order valence-electron chi connectivity index (χ2n) is 4.21. The Morgan fingerprint density at radius 2 is 2.19 bits per heavy atom. The van der Waals surface area contributed by atoms with Gasteiger partial charge in [-0.25, -0.2) is 14.2 Å². The van der Waals surface area contributed by atoms with E-state index in [0.29, 0.717) is 10.7 Å². The zero-order valence-electron chi connectivity index (χ0n) is 11.0. The second-order valence-corrected chi connectivity index (χ2v) is 5.29. The summed E-state index contributed by atoms with van der Waals surface area (Å²) in [7, 11) is 0. The summed E-state index contributed by atoms with van der Waals surface area (Å²) in [5, 5.41) is 11.9. The maximum atomic E-state index is 13.3. The van der Waals surface area contributed by atoms with Crippen molar-refractivity contribution in [1.29, 1.82) is 0 Å². The van der Waals surface area contributed by atoms with E-state index in [1.54, 1.807) is 6.92 Å². The Labute approximate surface area is 123 Å². The third kappa shape index (κ3) is 3.16. The third-order valence-electron chi connectivity index (χ3n) is 2.73. The lowest BCUT2D eigenvalue weighted by molar-refractivity contribution is 0.0701. The first kappa shape index (κ1) is 14.9. The van der Waals surface area contributed by atoms with Crippen LogP contribution in [0.3, 0.4) is 0 Å². The third-order valence-corrected chi connectivity index (χ3v) is 3.88. The lowest BCUT2D eigenvalue weighted by atomic mass is 10.1. The van der Waals surface area contributed by atoms with Gasteiger partial charge in [-0.3, -0.25) is 4.79 Å². The van der Waals surface area contributed by atoms with Crippen LogP contribution in [0.5, 0.6) is 0 Å². The maximum Gasteiger partial charge on any atom is 0.347 e. The molecule has 0 aliphatic carbocycles. The van der Waals surface area contributed by atoms with Crippen LogP contribution >= 0.6 is 11.3 Å². The highest BCUT2D eigenvalue weighted by Crippen LogP contribution is 2.19. The molecule has 0 aliphatic rings. The number of nitrogens with zero attached hydrogens (tertiary/aromatic N) is 1. The molecule has 110 valence electrons. The molecule has 2 rings (SSSR count). The monoisotopic (exact) mass is 309 g/mol. The highest BCUT2D eigenvalue weighted by Gasteiger charge is 2.16. The summed E-state index contributed by atoms with van der Waals surface area (Å²) in [4.78, 5) is 27.0. The minimum absolute atomic E-state index is 0.0294. The second kappa shape index (κ2) is 5.88. The average molecular weight is 309 g/mol. The summed E-state index contributed by atoms with van der Waals surface area (Å²) >= 11 is 0.981. The number of hydrogen-bond donors (Lipinski definition) is 3. The first-order chi connectivity index (χ1) is 9.90. The van der Waals surface area contributed by atoms with Crippen molar-refractivity contribution in [3.05, 3.63) is 45.2 Å². The lowest BCUT2D eigenvalue weighted by Gasteiger charge is -2.06. The van der Waals surface area contributed by atoms with Crippen LogP contribution in [0.25, 0.3) is 0 Å². The van der Waals surface area contributed by atoms with E-state index in [9.17, 15) is 14.0 Å². The average Bonchev–Trinajstić information content (AvgIpc) is 2.80. The fraction of sp³-hybridized carbons (Fsp3) is 0.154. The van der Waals surface area contributed by atoms with Crippen LogP contribution in [0.15, 0.2) is 18.2 Å². The van der Waals surface area contributed by atoms with Crippen molar-refractivity contribution in [2.75, 3.05) is 5.73 Å². The van der Waals surface area contributed by atoms with Gasteiger partial charge >= 0.3 is 5.97 Å². The summed E-state index contributed by atoms with van der Waals surface area (Å²) < 4.78 is 13.3. The molecule has 0 spiro atoms. The van der Waals surface area contributed by atoms with Gasteiger partial charge in [-0.2, -0.15) is 0 Å². The number of aromatic carboxylic acids is 1. The normalized spacial score (nSPS) is 10.4. The molecule has 1 heterocycles. The molecule has 0 fully saturated rings. The number of aromatic nitrogens is 1. The number of halogens is 1. The van der Waals surface area contributed by atoms with Crippen LogP contribution < -0.4 is 11.1 Å². The number of nitrogen functional groups attached to an aromatic ring is 1. The molecule has 1 aromatic carbocycles. The van der Waals surface area contributed by atoms with E-state index >= 15 is 0 Å². The van der Waals surface area contributed by atoms with E-state index < -0.39 is 17.7 Å². The SMILES string of the molecule is Cc1nc(CNC(=O)c2cccc(F)c2N)sc1C(=O)O. The van der Waals surface area contributed by atoms with E-state index in [4.69, 9.17) is 10.8 Å². The molecule has 0 atom stereocenters. The van der Waals surface area contributed by atoms with Crippen molar-refractivity contribution >= 4 is 28.9 Å². The molecule has 0 radical (unpaired) electrons. The number of nitrogens with two attached hydrogens (primary N) is 1. The molecule has 0 aliphatic heterocycles. The van der Waals surface area contributed by atoms with Gasteiger partial charge in [0.25, 0.3) is 5.91 Å². The van der Waals surface area contributed by atoms with Gasteiger partial charge in [-0.1, -0.05) is 6.07 Å². The molecular formula is C13H12FN3O3S. The predicted octanol–water partition coefficient (Wildman–Crippen LogP) is 1.80. The van der Waals surface area contributed by atoms with Crippen molar-refractivity contribution in [1.82, 2.24) is 10.3 Å². The summed E-state index contributed by atoms with van der Waals surface area (Å²) in [6.45, 7) is 1.63. The number of rotatable bonds is 4. The number of amides is 1. The number of anilines is 1. The highest BCUT2D eigenvalue weighted by molar-refractivity contribution is 7.13. The van der Waals surface area contributed by atoms with E-state index in [-0.39, 0.29) is 22.7 Å². The standard InChI is InChI=1S/C13H12FN3O3S/c1-6-11(13(19)20)21-9(17-6)5-16-12(18)7-3-2-4-8(14)10(7)15/h2-4H,5,15H2,1H3,(H,16,18)(H,19,20). The van der Waals surface area contributed by atoms with Crippen molar-refractivity contribution in [3.8, 4) is 0 Å². The molecule has 0 saturated carbocycles. The number of benzene rings is 1. The van der Waals surface area contributed by atoms with Crippen LogP contribution in [-0.4, -0.2) is 22.0 Å². The number of para-hydroxylation sites is 1. The number of thiazole rings is 1. The zero-order valence-corrected chi connectivity index (χ0v) is 11.8. The minimum Gasteiger partial charge on any atom is -0.477 e. The Morgan fingerprint density at radius 1 is 1.48 bits per heavy atom. The first-order valence-electron chi connectivity index (χ1n) is 5.92. The molecule has 2 aromatic rings. The lowest BCUT2D eigenvalue weighted by Crippen LogP contribution is -2.24. The van der Waals surface area contributed by atoms with E-state index in [1.807, 2.05) is 0 Å². The molecule has 21 heavy (non-hydrogen) atoms. The molecule has 8 heteroatoms. The Kier molecular flexibility index (Phi) is 4.18. The van der Waals surface area contributed by atoms with Gasteiger partial charge in [0.05, 0.1) is 23.5 Å². The smallest absolute Gasteiger partial charge is 0.347 e. The van der Waals surface area contributed by atoms with Crippen LogP contribution in [0, 0.1) is 12.7 Å². The van der Waals surface area contributed by atoms with Crippen LogP contribution in [0.2, 0.25) is 0 Å². The number of carboxylic acid groups (broad SMARTS) is 1. The largest absolute Gasteiger partial charge is 0.477 e. The Hall–Kier alpha value is -2.48. The Bertz CT molecular complexity index is 715. The molecular weight excluding hydrogens is 297 g/mol. The highest BCUT2D eigenvalue weighted by atomic mass is 32.1. The van der Waals surface area contributed by atoms with E-state index in [1.165, 1.54) is 12.1 Å². The van der Waals surface area contributed by atoms with Gasteiger partial charge in [0.1, 0.15) is 15.7 Å². The summed E-state index contributed by atoms with van der Waals surface area (Å²) in [5.74, 6) is -2.27. The number of carbonyl (C=O) groups excluding carboxylic acids is 1. The number of carbonyl (C=O) groups is 2. The predicted molar refractivity (Wildman–Crippen MR) is 75.8 cm³/mol. The fourth-order valence-electron chi connectivity index (χ4n) is 1.71. The van der Waals surface area contributed by atoms with Gasteiger partial charge in [-0.15, -0.1) is 11.3 Å². The van der Waals surface area contributed by atoms with Crippen molar-refractivity contribution in [3.63, 3.8) is 0 Å². The molecule has 0 saturated heterocycles. The van der Waals surface area contributed by atoms with Gasteiger partial charge in [0, 0.05) is 0 Å². The quantitative estimate of drug-likeness (QED) is 0.747.